The molecule has 0 spiro atoms. The molecule has 0 amide bonds. The second-order valence-electron chi connectivity index (χ2n) is 2.82. The molecule has 0 heterocycles. The molecule has 0 aromatic carbocycles. The fourth-order valence-corrected chi connectivity index (χ4v) is 1.44. The summed E-state index contributed by atoms with van der Waals surface area (Å²) in [5, 5.41) is 0.185. The highest BCUT2D eigenvalue weighted by Gasteiger charge is 2.14. The third kappa shape index (κ3) is 2.70. The van der Waals surface area contributed by atoms with Crippen molar-refractivity contribution in [1.29, 1.82) is 0 Å². The van der Waals surface area contributed by atoms with Crippen molar-refractivity contribution in [3.63, 3.8) is 0 Å². The van der Waals surface area contributed by atoms with Crippen LogP contribution in [0, 0.1) is 12.3 Å². The zero-order valence-corrected chi connectivity index (χ0v) is 7.59. The highest BCUT2D eigenvalue weighted by atomic mass is 35.5. The minimum atomic E-state index is 0.185. The molecule has 0 fully saturated rings. The quantitative estimate of drug-likeness (QED) is 0.567. The van der Waals surface area contributed by atoms with Gasteiger partial charge in [-0.2, -0.15) is 0 Å². The predicted octanol–water partition coefficient (Wildman–Crippen LogP) is 3.34. The second kappa shape index (κ2) is 4.61. The summed E-state index contributed by atoms with van der Waals surface area (Å²) in [4.78, 5) is 0. The first-order valence-corrected chi connectivity index (χ1v) is 4.60. The lowest BCUT2D eigenvalue weighted by Crippen LogP contribution is -2.09. The first-order chi connectivity index (χ1) is 5.34. The van der Waals surface area contributed by atoms with Gasteiger partial charge in [0.1, 0.15) is 0 Å². The van der Waals surface area contributed by atoms with E-state index < -0.39 is 0 Å². The maximum Gasteiger partial charge on any atom is 0.0464 e. The van der Waals surface area contributed by atoms with Crippen LogP contribution < -0.4 is 0 Å². The summed E-state index contributed by atoms with van der Waals surface area (Å²) >= 11 is 6.11. The second-order valence-corrected chi connectivity index (χ2v) is 3.32. The zero-order chi connectivity index (χ0) is 8.10. The molecule has 0 nitrogen and oxygen atoms in total. The summed E-state index contributed by atoms with van der Waals surface area (Å²) in [7, 11) is 0. The summed E-state index contributed by atoms with van der Waals surface area (Å²) in [6.45, 7) is 2.17. The smallest absolute Gasteiger partial charge is 0.0464 e. The highest BCUT2D eigenvalue weighted by Crippen LogP contribution is 2.22. The molecular weight excluding hydrogens is 156 g/mol. The van der Waals surface area contributed by atoms with Crippen LogP contribution >= 0.6 is 11.6 Å². The Balaban J connectivity index is 2.24. The van der Waals surface area contributed by atoms with Crippen LogP contribution in [0.4, 0.5) is 0 Å². The maximum atomic E-state index is 6.11. The van der Waals surface area contributed by atoms with Crippen LogP contribution in [0.3, 0.4) is 0 Å². The van der Waals surface area contributed by atoms with Crippen molar-refractivity contribution >= 4 is 11.6 Å². The Bertz CT molecular complexity index is 146. The van der Waals surface area contributed by atoms with Crippen molar-refractivity contribution in [3.05, 3.63) is 30.7 Å². The summed E-state index contributed by atoms with van der Waals surface area (Å²) < 4.78 is 0. The van der Waals surface area contributed by atoms with E-state index in [1.54, 1.807) is 0 Å². The van der Waals surface area contributed by atoms with Crippen molar-refractivity contribution in [2.45, 2.75) is 25.1 Å². The number of hydrogen-bond donors (Lipinski definition) is 0. The van der Waals surface area contributed by atoms with Crippen molar-refractivity contribution in [2.75, 3.05) is 0 Å². The molecule has 61 valence electrons. The lowest BCUT2D eigenvalue weighted by atomic mass is 10.0. The third-order valence-corrected chi connectivity index (χ3v) is 2.30. The molecule has 0 aliphatic heterocycles. The average molecular weight is 170 g/mol. The van der Waals surface area contributed by atoms with E-state index in [2.05, 4.69) is 37.6 Å². The Hall–Kier alpha value is -0.230. The Kier molecular flexibility index (Phi) is 3.71. The molecule has 0 N–H and O–H groups in total. The molecule has 1 heteroatoms. The Morgan fingerprint density at radius 2 is 2.09 bits per heavy atom. The highest BCUT2D eigenvalue weighted by molar-refractivity contribution is 6.21. The molecule has 1 atom stereocenters. The zero-order valence-electron chi connectivity index (χ0n) is 6.83. The van der Waals surface area contributed by atoms with Crippen LogP contribution in [-0.2, 0) is 0 Å². The topological polar surface area (TPSA) is 0 Å². The average Bonchev–Trinajstić information content (AvgIpc) is 2.52. The van der Waals surface area contributed by atoms with E-state index in [9.17, 15) is 0 Å². The normalized spacial score (nSPS) is 19.5. The summed E-state index contributed by atoms with van der Waals surface area (Å²) in [6.07, 6.45) is 12.9. The lowest BCUT2D eigenvalue weighted by molar-refractivity contribution is 0.747. The summed E-state index contributed by atoms with van der Waals surface area (Å²) in [5.41, 5.74) is 0. The molecule has 11 heavy (non-hydrogen) atoms. The Morgan fingerprint density at radius 3 is 2.64 bits per heavy atom. The summed E-state index contributed by atoms with van der Waals surface area (Å²) in [6, 6.07) is 0. The van der Waals surface area contributed by atoms with E-state index in [-0.39, 0.29) is 5.38 Å². The number of unbranched alkanes of at least 4 members (excludes halogenated alkanes) is 1. The maximum absolute atomic E-state index is 6.11. The van der Waals surface area contributed by atoms with Gasteiger partial charge in [0.25, 0.3) is 0 Å². The van der Waals surface area contributed by atoms with Gasteiger partial charge in [0.2, 0.25) is 0 Å². The van der Waals surface area contributed by atoms with Crippen molar-refractivity contribution in [3.8, 4) is 0 Å². The van der Waals surface area contributed by atoms with Gasteiger partial charge < -0.3 is 0 Å². The van der Waals surface area contributed by atoms with Gasteiger partial charge in [-0.1, -0.05) is 37.6 Å². The van der Waals surface area contributed by atoms with Gasteiger partial charge in [-0.3, -0.25) is 0 Å². The fourth-order valence-electron chi connectivity index (χ4n) is 1.14. The number of halogens is 1. The number of rotatable bonds is 4. The van der Waals surface area contributed by atoms with Gasteiger partial charge in [-0.25, -0.2) is 0 Å². The van der Waals surface area contributed by atoms with Crippen LogP contribution in [0.15, 0.2) is 24.3 Å². The molecule has 1 radical (unpaired) electrons. The minimum absolute atomic E-state index is 0.185. The van der Waals surface area contributed by atoms with Crippen LogP contribution in [0.1, 0.15) is 19.8 Å². The van der Waals surface area contributed by atoms with E-state index >= 15 is 0 Å². The molecule has 0 aromatic rings. The van der Waals surface area contributed by atoms with Crippen molar-refractivity contribution < 1.29 is 0 Å². The Labute approximate surface area is 73.9 Å². The predicted molar refractivity (Wildman–Crippen MR) is 50.6 cm³/mol. The van der Waals surface area contributed by atoms with Crippen molar-refractivity contribution in [2.24, 2.45) is 5.92 Å². The number of alkyl halides is 1. The fraction of sp³-hybridized carbons (Fsp3) is 0.500. The molecule has 0 saturated heterocycles. The largest absolute Gasteiger partial charge is 0.122 e. The van der Waals surface area contributed by atoms with E-state index in [1.807, 2.05) is 0 Å². The van der Waals surface area contributed by atoms with Gasteiger partial charge in [0.15, 0.2) is 0 Å². The van der Waals surface area contributed by atoms with E-state index in [4.69, 9.17) is 11.6 Å². The van der Waals surface area contributed by atoms with Crippen LogP contribution in [-0.4, -0.2) is 5.38 Å². The SMILES string of the molecule is CCC[CH]C(Cl)C1C=CC=C1. The number of allylic oxidation sites excluding steroid dienone is 4. The molecule has 1 aliphatic rings. The first kappa shape index (κ1) is 8.86. The third-order valence-electron chi connectivity index (χ3n) is 1.83. The van der Waals surface area contributed by atoms with Gasteiger partial charge in [0.05, 0.1) is 0 Å². The molecule has 1 unspecified atom stereocenters. The van der Waals surface area contributed by atoms with Crippen LogP contribution in [0.5, 0.6) is 0 Å². The van der Waals surface area contributed by atoms with Crippen LogP contribution in [0.25, 0.3) is 0 Å². The van der Waals surface area contributed by atoms with Gasteiger partial charge >= 0.3 is 0 Å². The Morgan fingerprint density at radius 1 is 1.45 bits per heavy atom. The van der Waals surface area contributed by atoms with E-state index in [0.717, 1.165) is 6.42 Å². The van der Waals surface area contributed by atoms with Crippen molar-refractivity contribution in [1.82, 2.24) is 0 Å². The molecule has 0 saturated carbocycles. The lowest BCUT2D eigenvalue weighted by Gasteiger charge is -2.11. The van der Waals surface area contributed by atoms with Gasteiger partial charge in [0, 0.05) is 11.3 Å². The van der Waals surface area contributed by atoms with Crippen LogP contribution in [0.2, 0.25) is 0 Å². The molecular formula is C10H14Cl. The monoisotopic (exact) mass is 169 g/mol. The summed E-state index contributed by atoms with van der Waals surface area (Å²) in [5.74, 6) is 0.434. The van der Waals surface area contributed by atoms with Gasteiger partial charge in [-0.05, 0) is 12.8 Å². The minimum Gasteiger partial charge on any atom is -0.122 e. The standard InChI is InChI=1S/C10H14Cl/c1-2-3-8-10(11)9-6-4-5-7-9/h4-10H,2-3H2,1H3. The molecule has 0 bridgehead atoms. The first-order valence-electron chi connectivity index (χ1n) is 4.17. The number of hydrogen-bond acceptors (Lipinski definition) is 0. The van der Waals surface area contributed by atoms with E-state index in [0.29, 0.717) is 5.92 Å². The molecule has 0 aromatic heterocycles. The molecule has 1 rings (SSSR count). The van der Waals surface area contributed by atoms with Gasteiger partial charge in [-0.15, -0.1) is 11.6 Å². The molecule has 1 aliphatic carbocycles. The van der Waals surface area contributed by atoms with E-state index in [1.165, 1.54) is 6.42 Å².